The predicted molar refractivity (Wildman–Crippen MR) is 96.6 cm³/mol. The van der Waals surface area contributed by atoms with Gasteiger partial charge < -0.3 is 9.84 Å². The minimum Gasteiger partial charge on any atom is -0.484 e. The molecular formula is C17H25ClN2O4. The molecule has 0 aliphatic carbocycles. The molecule has 0 saturated heterocycles. The number of aliphatic imine (C=N–C) groups is 1. The van der Waals surface area contributed by atoms with E-state index in [1.807, 2.05) is 0 Å². The highest BCUT2D eigenvalue weighted by atomic mass is 35.5. The lowest BCUT2D eigenvalue weighted by Gasteiger charge is -2.37. The predicted octanol–water partition coefficient (Wildman–Crippen LogP) is 3.92. The Hall–Kier alpha value is -1.66. The Morgan fingerprint density at radius 1 is 1.33 bits per heavy atom. The molecule has 1 aliphatic heterocycles. The molecule has 7 heteroatoms. The second-order valence-electron chi connectivity index (χ2n) is 6.37. The molecule has 0 saturated carbocycles. The number of nitrogens with zero attached hydrogens (tertiary/aromatic N) is 2. The molecule has 1 aliphatic rings. The Balaban J connectivity index is 0.00000288. The molecule has 1 atom stereocenters. The van der Waals surface area contributed by atoms with Crippen molar-refractivity contribution in [2.45, 2.75) is 58.2 Å². The van der Waals surface area contributed by atoms with Crippen LogP contribution in [-0.4, -0.2) is 34.0 Å². The van der Waals surface area contributed by atoms with Crippen molar-refractivity contribution in [3.63, 3.8) is 0 Å². The number of unbranched alkanes of at least 4 members (excludes halogenated alkanes) is 3. The molecule has 0 aromatic heterocycles. The molecule has 6 nitrogen and oxygen atoms in total. The summed E-state index contributed by atoms with van der Waals surface area (Å²) in [4.78, 5) is 15.1. The largest absolute Gasteiger partial charge is 0.484 e. The number of aliphatic hydroxyl groups excluding tert-OH is 1. The second kappa shape index (κ2) is 8.44. The fourth-order valence-corrected chi connectivity index (χ4v) is 2.65. The van der Waals surface area contributed by atoms with Gasteiger partial charge >= 0.3 is 0 Å². The van der Waals surface area contributed by atoms with Crippen LogP contribution in [0, 0.1) is 10.1 Å². The van der Waals surface area contributed by atoms with E-state index in [1.165, 1.54) is 12.1 Å². The first-order chi connectivity index (χ1) is 10.9. The number of halogens is 1. The van der Waals surface area contributed by atoms with E-state index < -0.39 is 16.6 Å². The standard InChI is InChI=1S/C17H24N2O4.ClH/c1-4-5-6-7-10-18-15-13-11-12(19(21)22)8-9-14(13)23-17(2,3)16(15)20;/h8-9,11,16,20H,4-7,10H2,1-3H3;1H/b18-15-;. The van der Waals surface area contributed by atoms with Gasteiger partial charge in [0.2, 0.25) is 0 Å². The van der Waals surface area contributed by atoms with E-state index in [1.54, 1.807) is 19.9 Å². The quantitative estimate of drug-likeness (QED) is 0.475. The third-order valence-corrected chi connectivity index (χ3v) is 4.03. The van der Waals surface area contributed by atoms with Gasteiger partial charge in [0.1, 0.15) is 17.5 Å². The van der Waals surface area contributed by atoms with Crippen molar-refractivity contribution in [1.29, 1.82) is 0 Å². The van der Waals surface area contributed by atoms with E-state index in [2.05, 4.69) is 11.9 Å². The van der Waals surface area contributed by atoms with Crippen LogP contribution in [0.15, 0.2) is 23.2 Å². The van der Waals surface area contributed by atoms with Crippen molar-refractivity contribution in [3.8, 4) is 5.75 Å². The van der Waals surface area contributed by atoms with E-state index >= 15 is 0 Å². The normalized spacial score (nSPS) is 20.0. The first-order valence-electron chi connectivity index (χ1n) is 8.07. The number of fused-ring (bicyclic) bond motifs is 1. The Bertz CT molecular complexity index is 617. The highest BCUT2D eigenvalue weighted by Gasteiger charge is 2.40. The number of hydrogen-bond acceptors (Lipinski definition) is 5. The number of hydrogen-bond donors (Lipinski definition) is 1. The lowest BCUT2D eigenvalue weighted by molar-refractivity contribution is -0.384. The smallest absolute Gasteiger partial charge is 0.270 e. The van der Waals surface area contributed by atoms with E-state index in [0.717, 1.165) is 25.7 Å². The first-order valence-corrected chi connectivity index (χ1v) is 8.07. The summed E-state index contributed by atoms with van der Waals surface area (Å²) >= 11 is 0. The number of aliphatic hydroxyl groups is 1. The summed E-state index contributed by atoms with van der Waals surface area (Å²) in [5, 5.41) is 21.5. The van der Waals surface area contributed by atoms with Crippen LogP contribution in [0.25, 0.3) is 0 Å². The number of nitro groups is 1. The highest BCUT2D eigenvalue weighted by Crippen LogP contribution is 2.35. The van der Waals surface area contributed by atoms with E-state index in [-0.39, 0.29) is 18.1 Å². The fraction of sp³-hybridized carbons (Fsp3) is 0.588. The summed E-state index contributed by atoms with van der Waals surface area (Å²) in [6.45, 7) is 6.32. The second-order valence-corrected chi connectivity index (χ2v) is 6.37. The lowest BCUT2D eigenvalue weighted by atomic mass is 9.89. The third kappa shape index (κ3) is 4.45. The minimum absolute atomic E-state index is 0. The summed E-state index contributed by atoms with van der Waals surface area (Å²) in [7, 11) is 0. The van der Waals surface area contributed by atoms with Gasteiger partial charge in [0, 0.05) is 24.2 Å². The van der Waals surface area contributed by atoms with Gasteiger partial charge in [0.05, 0.1) is 10.6 Å². The maximum Gasteiger partial charge on any atom is 0.270 e. The molecule has 0 fully saturated rings. The maximum atomic E-state index is 11.0. The summed E-state index contributed by atoms with van der Waals surface area (Å²) in [5.41, 5.74) is 0.154. The molecule has 0 radical (unpaired) electrons. The van der Waals surface area contributed by atoms with Crippen LogP contribution in [-0.2, 0) is 0 Å². The molecule has 134 valence electrons. The Morgan fingerprint density at radius 3 is 2.67 bits per heavy atom. The molecular weight excluding hydrogens is 332 g/mol. The molecule has 0 spiro atoms. The van der Waals surface area contributed by atoms with Crippen molar-refractivity contribution in [2.24, 2.45) is 4.99 Å². The van der Waals surface area contributed by atoms with Gasteiger partial charge in [-0.2, -0.15) is 0 Å². The Morgan fingerprint density at radius 2 is 2.04 bits per heavy atom. The van der Waals surface area contributed by atoms with Gasteiger partial charge in [-0.25, -0.2) is 0 Å². The van der Waals surface area contributed by atoms with Gasteiger partial charge in [0.25, 0.3) is 5.69 Å². The summed E-state index contributed by atoms with van der Waals surface area (Å²) in [5.74, 6) is 0.526. The Kier molecular flexibility index (Phi) is 7.17. The zero-order valence-corrected chi connectivity index (χ0v) is 15.1. The van der Waals surface area contributed by atoms with Gasteiger partial charge in [-0.1, -0.05) is 26.2 Å². The number of non-ortho nitro benzene ring substituents is 1. The summed E-state index contributed by atoms with van der Waals surface area (Å²) < 4.78 is 5.79. The lowest BCUT2D eigenvalue weighted by Crippen LogP contribution is -2.50. The monoisotopic (exact) mass is 356 g/mol. The van der Waals surface area contributed by atoms with Crippen LogP contribution in [0.4, 0.5) is 5.69 Å². The molecule has 1 aromatic carbocycles. The average molecular weight is 357 g/mol. The molecule has 24 heavy (non-hydrogen) atoms. The van der Waals surface area contributed by atoms with E-state index in [0.29, 0.717) is 23.6 Å². The van der Waals surface area contributed by atoms with Crippen molar-refractivity contribution in [1.82, 2.24) is 0 Å². The molecule has 1 N–H and O–H groups in total. The van der Waals surface area contributed by atoms with Crippen LogP contribution < -0.4 is 4.74 Å². The van der Waals surface area contributed by atoms with E-state index in [4.69, 9.17) is 4.74 Å². The zero-order chi connectivity index (χ0) is 17.0. The SMILES string of the molecule is CCCCCC/N=C1/c2cc([N+](=O)[O-])ccc2OC(C)(C)C1O.Cl. The van der Waals surface area contributed by atoms with E-state index in [9.17, 15) is 15.2 Å². The first kappa shape index (κ1) is 20.4. The number of ether oxygens (including phenoxy) is 1. The molecule has 0 amide bonds. The van der Waals surface area contributed by atoms with Crippen LogP contribution in [0.1, 0.15) is 52.0 Å². The third-order valence-electron chi connectivity index (χ3n) is 4.03. The molecule has 2 rings (SSSR count). The number of rotatable bonds is 6. The van der Waals surface area contributed by atoms with Crippen molar-refractivity contribution in [3.05, 3.63) is 33.9 Å². The Labute approximate surface area is 148 Å². The minimum atomic E-state index is -0.914. The number of nitro benzene ring substituents is 1. The highest BCUT2D eigenvalue weighted by molar-refractivity contribution is 6.08. The van der Waals surface area contributed by atoms with Crippen LogP contribution in [0.2, 0.25) is 0 Å². The van der Waals surface area contributed by atoms with Crippen LogP contribution in [0.5, 0.6) is 5.75 Å². The van der Waals surface area contributed by atoms with Gasteiger partial charge in [-0.05, 0) is 26.3 Å². The van der Waals surface area contributed by atoms with Crippen molar-refractivity contribution < 1.29 is 14.8 Å². The van der Waals surface area contributed by atoms with Gasteiger partial charge in [0.15, 0.2) is 0 Å². The van der Waals surface area contributed by atoms with Gasteiger partial charge in [-0.15, -0.1) is 12.4 Å². The summed E-state index contributed by atoms with van der Waals surface area (Å²) in [6, 6.07) is 4.41. The van der Waals surface area contributed by atoms with Gasteiger partial charge in [-0.3, -0.25) is 15.1 Å². The number of benzene rings is 1. The molecule has 1 heterocycles. The molecule has 1 aromatic rings. The zero-order valence-electron chi connectivity index (χ0n) is 14.3. The fourth-order valence-electron chi connectivity index (χ4n) is 2.65. The topological polar surface area (TPSA) is 85.0 Å². The van der Waals surface area contributed by atoms with Crippen LogP contribution >= 0.6 is 12.4 Å². The average Bonchev–Trinajstić information content (AvgIpc) is 2.49. The molecule has 1 unspecified atom stereocenters. The van der Waals surface area contributed by atoms with Crippen molar-refractivity contribution >= 4 is 23.8 Å². The summed E-state index contributed by atoms with van der Waals surface area (Å²) in [6.07, 6.45) is 3.42. The molecule has 0 bridgehead atoms. The maximum absolute atomic E-state index is 11.0. The van der Waals surface area contributed by atoms with Crippen LogP contribution in [0.3, 0.4) is 0 Å². The van der Waals surface area contributed by atoms with Crippen molar-refractivity contribution in [2.75, 3.05) is 6.54 Å².